The molecule has 0 radical (unpaired) electrons. The minimum Gasteiger partial charge on any atom is -0.497 e. The smallest absolute Gasteiger partial charge is 0.160 e. The fourth-order valence-corrected chi connectivity index (χ4v) is 2.01. The van der Waals surface area contributed by atoms with Gasteiger partial charge in [-0.25, -0.2) is 0 Å². The Morgan fingerprint density at radius 1 is 1.05 bits per heavy atom. The van der Waals surface area contributed by atoms with Crippen molar-refractivity contribution in [1.82, 2.24) is 0 Å². The molecule has 0 saturated heterocycles. The Kier molecular flexibility index (Phi) is 4.41. The first-order valence-corrected chi connectivity index (χ1v) is 6.47. The number of ether oxygens (including phenoxy) is 2. The largest absolute Gasteiger partial charge is 0.497 e. The highest BCUT2D eigenvalue weighted by molar-refractivity contribution is 5.95. The number of ketones is 1. The molecule has 2 rings (SSSR count). The van der Waals surface area contributed by atoms with Gasteiger partial charge in [-0.15, -0.1) is 0 Å². The third kappa shape index (κ3) is 3.38. The summed E-state index contributed by atoms with van der Waals surface area (Å²) in [5.74, 6) is 1.67. The van der Waals surface area contributed by atoms with Crippen LogP contribution in [0.5, 0.6) is 11.5 Å². The number of hydrogen-bond donors (Lipinski definition) is 0. The molecule has 0 bridgehead atoms. The summed E-state index contributed by atoms with van der Waals surface area (Å²) in [5.41, 5.74) is 2.74. The molecule has 0 amide bonds. The molecule has 0 saturated carbocycles. The molecule has 0 atom stereocenters. The van der Waals surface area contributed by atoms with Crippen molar-refractivity contribution in [1.29, 1.82) is 0 Å². The summed E-state index contributed by atoms with van der Waals surface area (Å²) >= 11 is 0. The molecule has 3 heteroatoms. The lowest BCUT2D eigenvalue weighted by Gasteiger charge is -2.09. The van der Waals surface area contributed by atoms with Gasteiger partial charge in [0.15, 0.2) is 5.78 Å². The average Bonchev–Trinajstić information content (AvgIpc) is 2.45. The molecule has 3 nitrogen and oxygen atoms in total. The van der Waals surface area contributed by atoms with Crippen LogP contribution in [0.4, 0.5) is 0 Å². The standard InChI is InChI=1S/C17H18O3/c1-12-10-16(8-9-17(12)13(2)18)20-11-14-4-6-15(19-3)7-5-14/h4-10H,11H2,1-3H3. The maximum Gasteiger partial charge on any atom is 0.160 e. The summed E-state index contributed by atoms with van der Waals surface area (Å²) in [5, 5.41) is 0. The van der Waals surface area contributed by atoms with Gasteiger partial charge in [0.2, 0.25) is 0 Å². The maximum atomic E-state index is 11.4. The lowest BCUT2D eigenvalue weighted by molar-refractivity contribution is 0.101. The van der Waals surface area contributed by atoms with E-state index in [1.54, 1.807) is 20.1 Å². The van der Waals surface area contributed by atoms with Crippen LogP contribution in [0.2, 0.25) is 0 Å². The van der Waals surface area contributed by atoms with Gasteiger partial charge in [0, 0.05) is 5.56 Å². The molecule has 0 fully saturated rings. The zero-order valence-corrected chi connectivity index (χ0v) is 12.0. The van der Waals surface area contributed by atoms with E-state index in [-0.39, 0.29) is 5.78 Å². The highest BCUT2D eigenvalue weighted by Crippen LogP contribution is 2.19. The number of methoxy groups -OCH3 is 1. The second-order valence-corrected chi connectivity index (χ2v) is 4.67. The number of aryl methyl sites for hydroxylation is 1. The molecule has 0 aliphatic carbocycles. The first kappa shape index (κ1) is 14.1. The van der Waals surface area contributed by atoms with E-state index in [0.29, 0.717) is 6.61 Å². The van der Waals surface area contributed by atoms with Crippen LogP contribution in [0.1, 0.15) is 28.4 Å². The minimum absolute atomic E-state index is 0.0733. The third-order valence-corrected chi connectivity index (χ3v) is 3.14. The van der Waals surface area contributed by atoms with Crippen molar-refractivity contribution in [3.63, 3.8) is 0 Å². The van der Waals surface area contributed by atoms with Crippen LogP contribution in [-0.4, -0.2) is 12.9 Å². The van der Waals surface area contributed by atoms with E-state index in [2.05, 4.69) is 0 Å². The monoisotopic (exact) mass is 270 g/mol. The predicted molar refractivity (Wildman–Crippen MR) is 78.5 cm³/mol. The van der Waals surface area contributed by atoms with E-state index in [1.165, 1.54) is 0 Å². The van der Waals surface area contributed by atoms with Crippen LogP contribution in [0.3, 0.4) is 0 Å². The van der Waals surface area contributed by atoms with Crippen molar-refractivity contribution < 1.29 is 14.3 Å². The molecular weight excluding hydrogens is 252 g/mol. The topological polar surface area (TPSA) is 35.5 Å². The summed E-state index contributed by atoms with van der Waals surface area (Å²) in [7, 11) is 1.64. The zero-order valence-electron chi connectivity index (χ0n) is 12.0. The second-order valence-electron chi connectivity index (χ2n) is 4.67. The molecule has 0 spiro atoms. The molecule has 2 aromatic carbocycles. The summed E-state index contributed by atoms with van der Waals surface area (Å²) < 4.78 is 10.8. The number of hydrogen-bond acceptors (Lipinski definition) is 3. The van der Waals surface area contributed by atoms with Gasteiger partial charge >= 0.3 is 0 Å². The summed E-state index contributed by atoms with van der Waals surface area (Å²) in [6.07, 6.45) is 0. The number of rotatable bonds is 5. The van der Waals surface area contributed by atoms with Gasteiger partial charge < -0.3 is 9.47 Å². The summed E-state index contributed by atoms with van der Waals surface area (Å²) in [4.78, 5) is 11.4. The number of Topliss-reactive ketones (excluding diaryl/α,β-unsaturated/α-hetero) is 1. The van der Waals surface area contributed by atoms with E-state index < -0.39 is 0 Å². The molecule has 2 aromatic rings. The van der Waals surface area contributed by atoms with E-state index >= 15 is 0 Å². The maximum absolute atomic E-state index is 11.4. The Labute approximate surface area is 119 Å². The Morgan fingerprint density at radius 3 is 2.25 bits per heavy atom. The van der Waals surface area contributed by atoms with Gasteiger partial charge in [-0.2, -0.15) is 0 Å². The normalized spacial score (nSPS) is 10.2. The molecule has 0 heterocycles. The fraction of sp³-hybridized carbons (Fsp3) is 0.235. The van der Waals surface area contributed by atoms with Crippen molar-refractivity contribution in [2.75, 3.05) is 7.11 Å². The van der Waals surface area contributed by atoms with Gasteiger partial charge in [0.1, 0.15) is 18.1 Å². The fourth-order valence-electron chi connectivity index (χ4n) is 2.01. The van der Waals surface area contributed by atoms with Crippen molar-refractivity contribution >= 4 is 5.78 Å². The van der Waals surface area contributed by atoms with Crippen LogP contribution in [-0.2, 0) is 6.61 Å². The van der Waals surface area contributed by atoms with Gasteiger partial charge in [-0.05, 0) is 55.3 Å². The highest BCUT2D eigenvalue weighted by atomic mass is 16.5. The van der Waals surface area contributed by atoms with Crippen molar-refractivity contribution in [3.05, 3.63) is 59.2 Å². The second kappa shape index (κ2) is 6.24. The van der Waals surface area contributed by atoms with Crippen LogP contribution in [0.15, 0.2) is 42.5 Å². The Hall–Kier alpha value is -2.29. The van der Waals surface area contributed by atoms with Crippen LogP contribution >= 0.6 is 0 Å². The van der Waals surface area contributed by atoms with Crippen molar-refractivity contribution in [2.45, 2.75) is 20.5 Å². The predicted octanol–water partition coefficient (Wildman–Crippen LogP) is 3.79. The molecule has 0 aliphatic rings. The Balaban J connectivity index is 2.03. The van der Waals surface area contributed by atoms with E-state index in [9.17, 15) is 4.79 Å². The minimum atomic E-state index is 0.0733. The highest BCUT2D eigenvalue weighted by Gasteiger charge is 2.05. The van der Waals surface area contributed by atoms with E-state index in [1.807, 2.05) is 43.3 Å². The first-order chi connectivity index (χ1) is 9.60. The van der Waals surface area contributed by atoms with Crippen LogP contribution in [0.25, 0.3) is 0 Å². The first-order valence-electron chi connectivity index (χ1n) is 6.47. The number of carbonyl (C=O) groups is 1. The lowest BCUT2D eigenvalue weighted by atomic mass is 10.1. The molecule has 0 unspecified atom stereocenters. The van der Waals surface area contributed by atoms with Crippen LogP contribution < -0.4 is 9.47 Å². The number of benzene rings is 2. The molecule has 104 valence electrons. The van der Waals surface area contributed by atoms with Gasteiger partial charge in [0.25, 0.3) is 0 Å². The Morgan fingerprint density at radius 2 is 1.70 bits per heavy atom. The zero-order chi connectivity index (χ0) is 14.5. The lowest BCUT2D eigenvalue weighted by Crippen LogP contribution is -1.99. The molecule has 20 heavy (non-hydrogen) atoms. The van der Waals surface area contributed by atoms with E-state index in [4.69, 9.17) is 9.47 Å². The summed E-state index contributed by atoms with van der Waals surface area (Å²) in [6, 6.07) is 13.3. The molecular formula is C17H18O3. The van der Waals surface area contributed by atoms with Crippen molar-refractivity contribution in [2.24, 2.45) is 0 Å². The van der Waals surface area contributed by atoms with Crippen LogP contribution in [0, 0.1) is 6.92 Å². The average molecular weight is 270 g/mol. The SMILES string of the molecule is COc1ccc(COc2ccc(C(C)=O)c(C)c2)cc1. The van der Waals surface area contributed by atoms with Gasteiger partial charge in [-0.1, -0.05) is 12.1 Å². The van der Waals surface area contributed by atoms with Gasteiger partial charge in [-0.3, -0.25) is 4.79 Å². The van der Waals surface area contributed by atoms with Crippen molar-refractivity contribution in [3.8, 4) is 11.5 Å². The molecule has 0 aliphatic heterocycles. The van der Waals surface area contributed by atoms with Gasteiger partial charge in [0.05, 0.1) is 7.11 Å². The summed E-state index contributed by atoms with van der Waals surface area (Å²) in [6.45, 7) is 3.97. The Bertz CT molecular complexity index is 600. The molecule has 0 aromatic heterocycles. The quantitative estimate of drug-likeness (QED) is 0.775. The number of carbonyl (C=O) groups excluding carboxylic acids is 1. The molecule has 0 N–H and O–H groups in total. The van der Waals surface area contributed by atoms with E-state index in [0.717, 1.165) is 28.2 Å². The third-order valence-electron chi connectivity index (χ3n) is 3.14.